The molecule has 2 fully saturated rings. The number of likely N-dealkylation sites (tertiary alicyclic amines) is 1. The maximum Gasteiger partial charge on any atom is 0.224 e. The van der Waals surface area contributed by atoms with Crippen molar-refractivity contribution in [3.8, 4) is 0 Å². The summed E-state index contributed by atoms with van der Waals surface area (Å²) in [6.07, 6.45) is 6.09. The third-order valence-electron chi connectivity index (χ3n) is 5.37. The highest BCUT2D eigenvalue weighted by Crippen LogP contribution is 2.59. The molecule has 2 rings (SSSR count). The van der Waals surface area contributed by atoms with E-state index in [1.54, 1.807) is 0 Å². The molecule has 0 aromatic heterocycles. The summed E-state index contributed by atoms with van der Waals surface area (Å²) >= 11 is 0. The van der Waals surface area contributed by atoms with Crippen LogP contribution in [0.4, 0.5) is 0 Å². The minimum absolute atomic E-state index is 0.123. The molecule has 1 amide bonds. The van der Waals surface area contributed by atoms with Gasteiger partial charge in [-0.25, -0.2) is 0 Å². The lowest BCUT2D eigenvalue weighted by molar-refractivity contribution is -0.123. The van der Waals surface area contributed by atoms with E-state index in [0.29, 0.717) is 12.0 Å². The Morgan fingerprint density at radius 2 is 2.05 bits per heavy atom. The number of allylic oxidation sites excluding steroid dienone is 2. The number of rotatable bonds is 5. The minimum atomic E-state index is 0.123. The lowest BCUT2D eigenvalue weighted by Gasteiger charge is -2.34. The first-order valence-electron chi connectivity index (χ1n) is 8.54. The zero-order valence-corrected chi connectivity index (χ0v) is 14.4. The fourth-order valence-corrected chi connectivity index (χ4v) is 3.88. The Bertz CT molecular complexity index is 409. The van der Waals surface area contributed by atoms with E-state index in [-0.39, 0.29) is 17.2 Å². The van der Waals surface area contributed by atoms with Crippen LogP contribution in [0, 0.1) is 17.3 Å². The number of hydrogen-bond donors (Lipinski definition) is 1. The highest BCUT2D eigenvalue weighted by Gasteiger charge is 2.60. The topological polar surface area (TPSA) is 32.3 Å². The average molecular weight is 292 g/mol. The highest BCUT2D eigenvalue weighted by molar-refractivity contribution is 5.83. The van der Waals surface area contributed by atoms with Gasteiger partial charge in [0, 0.05) is 12.6 Å². The first kappa shape index (κ1) is 16.5. The minimum Gasteiger partial charge on any atom is -0.354 e. The monoisotopic (exact) mass is 292 g/mol. The number of likely N-dealkylation sites (N-methyl/N-ethyl adjacent to an activating group) is 1. The molecule has 120 valence electrons. The van der Waals surface area contributed by atoms with Crippen LogP contribution in [-0.4, -0.2) is 36.5 Å². The Morgan fingerprint density at radius 3 is 2.67 bits per heavy atom. The van der Waals surface area contributed by atoms with Gasteiger partial charge in [-0.1, -0.05) is 38.8 Å². The van der Waals surface area contributed by atoms with Crippen LogP contribution < -0.4 is 5.32 Å². The Balaban J connectivity index is 1.86. The Hall–Kier alpha value is -0.830. The van der Waals surface area contributed by atoms with Crippen LogP contribution in [0.15, 0.2) is 11.6 Å². The molecule has 1 aliphatic carbocycles. The van der Waals surface area contributed by atoms with Crippen molar-refractivity contribution in [3.63, 3.8) is 0 Å². The van der Waals surface area contributed by atoms with E-state index in [4.69, 9.17) is 0 Å². The van der Waals surface area contributed by atoms with Crippen molar-refractivity contribution in [2.24, 2.45) is 17.3 Å². The van der Waals surface area contributed by atoms with Gasteiger partial charge in [-0.2, -0.15) is 0 Å². The van der Waals surface area contributed by atoms with Crippen LogP contribution in [0.25, 0.3) is 0 Å². The lowest BCUT2D eigenvalue weighted by atomic mass is 10.0. The van der Waals surface area contributed by atoms with Gasteiger partial charge >= 0.3 is 0 Å². The molecule has 1 saturated heterocycles. The van der Waals surface area contributed by atoms with Gasteiger partial charge in [0.1, 0.15) is 0 Å². The maximum absolute atomic E-state index is 12.5. The molecular weight excluding hydrogens is 260 g/mol. The lowest BCUT2D eigenvalue weighted by Crippen LogP contribution is -2.46. The highest BCUT2D eigenvalue weighted by atomic mass is 16.2. The summed E-state index contributed by atoms with van der Waals surface area (Å²) in [7, 11) is 0. The number of amides is 1. The van der Waals surface area contributed by atoms with Crippen molar-refractivity contribution in [2.75, 3.05) is 19.6 Å². The van der Waals surface area contributed by atoms with Crippen molar-refractivity contribution in [2.45, 2.75) is 59.9 Å². The van der Waals surface area contributed by atoms with Crippen LogP contribution in [0.5, 0.6) is 0 Å². The summed E-state index contributed by atoms with van der Waals surface area (Å²) < 4.78 is 0. The summed E-state index contributed by atoms with van der Waals surface area (Å²) in [5.74, 6) is 0.825. The number of piperidine rings is 1. The molecule has 0 aromatic carbocycles. The third-order valence-corrected chi connectivity index (χ3v) is 5.37. The van der Waals surface area contributed by atoms with Crippen LogP contribution in [0.1, 0.15) is 53.9 Å². The van der Waals surface area contributed by atoms with Crippen molar-refractivity contribution >= 4 is 5.91 Å². The number of carbonyl (C=O) groups is 1. The number of carbonyl (C=O) groups excluding carboxylic acids is 1. The molecule has 0 radical (unpaired) electrons. The van der Waals surface area contributed by atoms with Crippen molar-refractivity contribution < 1.29 is 4.79 Å². The molecule has 3 nitrogen and oxygen atoms in total. The predicted octanol–water partition coefficient (Wildman–Crippen LogP) is 3.22. The first-order chi connectivity index (χ1) is 9.87. The molecule has 1 saturated carbocycles. The maximum atomic E-state index is 12.5. The molecule has 1 heterocycles. The Kier molecular flexibility index (Phi) is 5.13. The van der Waals surface area contributed by atoms with Crippen LogP contribution in [0.3, 0.4) is 0 Å². The molecule has 21 heavy (non-hydrogen) atoms. The molecule has 1 N–H and O–H groups in total. The second kappa shape index (κ2) is 6.51. The molecule has 0 bridgehead atoms. The second-order valence-corrected chi connectivity index (χ2v) is 7.59. The SMILES string of the molecule is CCN1CCCCC1CNC(=O)C1C(C=C(C)C)C1(C)C. The van der Waals surface area contributed by atoms with E-state index in [1.165, 1.54) is 31.4 Å². The van der Waals surface area contributed by atoms with E-state index < -0.39 is 0 Å². The van der Waals surface area contributed by atoms with E-state index in [0.717, 1.165) is 13.1 Å². The number of nitrogens with one attached hydrogen (secondary N) is 1. The standard InChI is InChI=1S/C18H32N2O/c1-6-20-10-8-7-9-14(20)12-19-17(21)16-15(11-13(2)3)18(16,4)5/h11,14-16H,6-10,12H2,1-5H3,(H,19,21). The summed E-state index contributed by atoms with van der Waals surface area (Å²) in [6, 6.07) is 0.538. The van der Waals surface area contributed by atoms with Gasteiger partial charge in [-0.3, -0.25) is 9.69 Å². The summed E-state index contributed by atoms with van der Waals surface area (Å²) in [4.78, 5) is 15.0. The van der Waals surface area contributed by atoms with Crippen LogP contribution in [-0.2, 0) is 4.79 Å². The van der Waals surface area contributed by atoms with E-state index >= 15 is 0 Å². The van der Waals surface area contributed by atoms with Gasteiger partial charge in [0.25, 0.3) is 0 Å². The van der Waals surface area contributed by atoms with E-state index in [9.17, 15) is 4.79 Å². The predicted molar refractivity (Wildman–Crippen MR) is 88.1 cm³/mol. The molecular formula is C18H32N2O. The van der Waals surface area contributed by atoms with Crippen LogP contribution >= 0.6 is 0 Å². The Labute approximate surface area is 130 Å². The van der Waals surface area contributed by atoms with Gasteiger partial charge in [-0.05, 0) is 51.1 Å². The van der Waals surface area contributed by atoms with Crippen molar-refractivity contribution in [3.05, 3.63) is 11.6 Å². The van der Waals surface area contributed by atoms with Crippen molar-refractivity contribution in [1.82, 2.24) is 10.2 Å². The molecule has 3 unspecified atom stereocenters. The third kappa shape index (κ3) is 3.68. The normalized spacial score (nSPS) is 31.6. The van der Waals surface area contributed by atoms with Crippen LogP contribution in [0.2, 0.25) is 0 Å². The molecule has 1 aliphatic heterocycles. The number of hydrogen-bond acceptors (Lipinski definition) is 2. The van der Waals surface area contributed by atoms with Gasteiger partial charge < -0.3 is 5.32 Å². The largest absolute Gasteiger partial charge is 0.354 e. The second-order valence-electron chi connectivity index (χ2n) is 7.59. The fraction of sp³-hybridized carbons (Fsp3) is 0.833. The summed E-state index contributed by atoms with van der Waals surface area (Å²) in [5, 5.41) is 3.23. The Morgan fingerprint density at radius 1 is 1.33 bits per heavy atom. The summed E-state index contributed by atoms with van der Waals surface area (Å²) in [5.41, 5.74) is 1.44. The molecule has 3 atom stereocenters. The quantitative estimate of drug-likeness (QED) is 0.789. The molecule has 0 spiro atoms. The zero-order valence-electron chi connectivity index (χ0n) is 14.4. The molecule has 2 aliphatic rings. The number of nitrogens with zero attached hydrogens (tertiary/aromatic N) is 1. The average Bonchev–Trinajstić information content (AvgIpc) is 2.96. The fourth-order valence-electron chi connectivity index (χ4n) is 3.88. The van der Waals surface area contributed by atoms with Gasteiger partial charge in [-0.15, -0.1) is 0 Å². The molecule has 3 heteroatoms. The first-order valence-corrected chi connectivity index (χ1v) is 8.54. The van der Waals surface area contributed by atoms with E-state index in [2.05, 4.69) is 50.9 Å². The zero-order chi connectivity index (χ0) is 15.6. The molecule has 0 aromatic rings. The van der Waals surface area contributed by atoms with Gasteiger partial charge in [0.15, 0.2) is 0 Å². The van der Waals surface area contributed by atoms with Gasteiger partial charge in [0.2, 0.25) is 5.91 Å². The smallest absolute Gasteiger partial charge is 0.224 e. The van der Waals surface area contributed by atoms with Gasteiger partial charge in [0.05, 0.1) is 5.92 Å². The van der Waals surface area contributed by atoms with E-state index in [1.807, 2.05) is 0 Å². The summed E-state index contributed by atoms with van der Waals surface area (Å²) in [6.45, 7) is 14.0. The van der Waals surface area contributed by atoms with Crippen molar-refractivity contribution in [1.29, 1.82) is 0 Å².